The molecule has 0 saturated carbocycles. The molecule has 2 N–H and O–H groups in total. The molecule has 0 aromatic heterocycles. The van der Waals surface area contributed by atoms with Gasteiger partial charge in [0.2, 0.25) is 0 Å². The minimum Gasteiger partial charge on any atom is -0.323 e. The van der Waals surface area contributed by atoms with Gasteiger partial charge in [-0.05, 0) is 30.0 Å². The summed E-state index contributed by atoms with van der Waals surface area (Å²) in [7, 11) is 0. The third-order valence-electron chi connectivity index (χ3n) is 3.15. The molecule has 5 heteroatoms. The summed E-state index contributed by atoms with van der Waals surface area (Å²) < 4.78 is 0. The highest BCUT2D eigenvalue weighted by Crippen LogP contribution is 2.24. The summed E-state index contributed by atoms with van der Waals surface area (Å²) in [6.45, 7) is 4.59. The second-order valence-electron chi connectivity index (χ2n) is 5.03. The summed E-state index contributed by atoms with van der Waals surface area (Å²) >= 11 is 0. The number of fused-ring (bicyclic) bond motifs is 1. The topological polar surface area (TPSA) is 75.8 Å². The van der Waals surface area contributed by atoms with Crippen LogP contribution in [0.2, 0.25) is 0 Å². The van der Waals surface area contributed by atoms with Crippen molar-refractivity contribution >= 4 is 18.0 Å². The van der Waals surface area contributed by atoms with Crippen LogP contribution in [0.15, 0.2) is 23.3 Å². The van der Waals surface area contributed by atoms with Crippen LogP contribution >= 0.6 is 0 Å². The number of imide groups is 1. The molecule has 2 rings (SSSR count). The van der Waals surface area contributed by atoms with Gasteiger partial charge >= 0.3 is 0 Å². The minimum absolute atomic E-state index is 0.211. The van der Waals surface area contributed by atoms with Crippen LogP contribution in [-0.2, 0) is 0 Å². The molecule has 0 fully saturated rings. The Labute approximate surface area is 112 Å². The molecule has 2 amide bonds. The van der Waals surface area contributed by atoms with Crippen molar-refractivity contribution in [3.05, 3.63) is 34.9 Å². The van der Waals surface area contributed by atoms with Gasteiger partial charge < -0.3 is 5.84 Å². The zero-order valence-corrected chi connectivity index (χ0v) is 11.1. The molecule has 0 atom stereocenters. The Hall–Kier alpha value is -2.17. The van der Waals surface area contributed by atoms with E-state index in [1.54, 1.807) is 18.2 Å². The highest BCUT2D eigenvalue weighted by Gasteiger charge is 2.35. The van der Waals surface area contributed by atoms with Gasteiger partial charge in [0.1, 0.15) is 0 Å². The van der Waals surface area contributed by atoms with Crippen molar-refractivity contribution in [3.8, 4) is 0 Å². The zero-order valence-electron chi connectivity index (χ0n) is 11.1. The number of hydrogen-bond donors (Lipinski definition) is 1. The molecule has 1 heterocycles. The molecule has 1 aliphatic heterocycles. The molecule has 1 aliphatic rings. The molecular formula is C14H17N3O2. The maximum Gasteiger partial charge on any atom is 0.261 e. The maximum absolute atomic E-state index is 12.2. The van der Waals surface area contributed by atoms with Crippen molar-refractivity contribution in [3.63, 3.8) is 0 Å². The molecule has 1 aromatic rings. The Balaban J connectivity index is 2.28. The van der Waals surface area contributed by atoms with Gasteiger partial charge in [0.05, 0.1) is 17.3 Å². The lowest BCUT2D eigenvalue weighted by Crippen LogP contribution is -2.31. The number of amides is 2. The quantitative estimate of drug-likeness (QED) is 0.386. The minimum atomic E-state index is -0.229. The maximum atomic E-state index is 12.2. The SMILES string of the molecule is CC(C)CCN1C(=O)c2ccc(C=NN)cc2C1=O. The molecule has 19 heavy (non-hydrogen) atoms. The number of carbonyl (C=O) groups excluding carboxylic acids is 2. The van der Waals surface area contributed by atoms with E-state index in [0.29, 0.717) is 29.2 Å². The third kappa shape index (κ3) is 2.50. The van der Waals surface area contributed by atoms with E-state index >= 15 is 0 Å². The van der Waals surface area contributed by atoms with E-state index in [2.05, 4.69) is 18.9 Å². The van der Waals surface area contributed by atoms with E-state index in [-0.39, 0.29) is 11.8 Å². The molecule has 1 aromatic carbocycles. The van der Waals surface area contributed by atoms with E-state index in [1.807, 2.05) is 0 Å². The van der Waals surface area contributed by atoms with Gasteiger partial charge in [-0.2, -0.15) is 5.10 Å². The molecule has 0 radical (unpaired) electrons. The molecule has 0 saturated heterocycles. The Morgan fingerprint density at radius 2 is 1.95 bits per heavy atom. The van der Waals surface area contributed by atoms with Crippen LogP contribution in [0, 0.1) is 5.92 Å². The van der Waals surface area contributed by atoms with Crippen molar-refractivity contribution in [2.24, 2.45) is 16.9 Å². The van der Waals surface area contributed by atoms with E-state index < -0.39 is 0 Å². The van der Waals surface area contributed by atoms with Crippen molar-refractivity contribution in [1.29, 1.82) is 0 Å². The van der Waals surface area contributed by atoms with Gasteiger partial charge in [0.25, 0.3) is 11.8 Å². The van der Waals surface area contributed by atoms with Gasteiger partial charge in [-0.15, -0.1) is 0 Å². The van der Waals surface area contributed by atoms with E-state index in [4.69, 9.17) is 5.84 Å². The number of nitrogens with two attached hydrogens (primary N) is 1. The predicted molar refractivity (Wildman–Crippen MR) is 73.0 cm³/mol. The number of hydrazone groups is 1. The van der Waals surface area contributed by atoms with Crippen molar-refractivity contribution in [2.45, 2.75) is 20.3 Å². The first-order valence-electron chi connectivity index (χ1n) is 6.28. The molecule has 0 unspecified atom stereocenters. The Bertz CT molecular complexity index is 550. The summed E-state index contributed by atoms with van der Waals surface area (Å²) in [4.78, 5) is 25.7. The van der Waals surface area contributed by atoms with E-state index in [1.165, 1.54) is 11.1 Å². The number of hydrogen-bond acceptors (Lipinski definition) is 4. The first-order chi connectivity index (χ1) is 9.04. The van der Waals surface area contributed by atoms with Crippen molar-refractivity contribution < 1.29 is 9.59 Å². The van der Waals surface area contributed by atoms with Crippen LogP contribution in [-0.4, -0.2) is 29.5 Å². The van der Waals surface area contributed by atoms with Crippen molar-refractivity contribution in [2.75, 3.05) is 6.54 Å². The zero-order chi connectivity index (χ0) is 14.0. The van der Waals surface area contributed by atoms with Crippen LogP contribution in [0.4, 0.5) is 0 Å². The third-order valence-corrected chi connectivity index (χ3v) is 3.15. The fourth-order valence-corrected chi connectivity index (χ4v) is 2.07. The average molecular weight is 259 g/mol. The van der Waals surface area contributed by atoms with Crippen molar-refractivity contribution in [1.82, 2.24) is 4.90 Å². The van der Waals surface area contributed by atoms with Gasteiger partial charge in [0, 0.05) is 6.54 Å². The van der Waals surface area contributed by atoms with Gasteiger partial charge in [0.15, 0.2) is 0 Å². The summed E-state index contributed by atoms with van der Waals surface area (Å²) in [5.41, 5.74) is 1.61. The van der Waals surface area contributed by atoms with Crippen LogP contribution in [0.3, 0.4) is 0 Å². The largest absolute Gasteiger partial charge is 0.323 e. The molecule has 5 nitrogen and oxygen atoms in total. The summed E-state index contributed by atoms with van der Waals surface area (Å²) in [6, 6.07) is 5.04. The van der Waals surface area contributed by atoms with Crippen LogP contribution < -0.4 is 5.84 Å². The number of rotatable bonds is 4. The van der Waals surface area contributed by atoms with Gasteiger partial charge in [-0.1, -0.05) is 19.9 Å². The summed E-state index contributed by atoms with van der Waals surface area (Å²) in [5.74, 6) is 5.09. The summed E-state index contributed by atoms with van der Waals surface area (Å²) in [5, 5.41) is 3.42. The first kappa shape index (κ1) is 13.3. The smallest absolute Gasteiger partial charge is 0.261 e. The monoisotopic (exact) mass is 259 g/mol. The molecule has 100 valence electrons. The normalized spacial score (nSPS) is 14.8. The molecular weight excluding hydrogens is 242 g/mol. The number of carbonyl (C=O) groups is 2. The Kier molecular flexibility index (Phi) is 3.64. The Morgan fingerprint density at radius 1 is 1.26 bits per heavy atom. The highest BCUT2D eigenvalue weighted by molar-refractivity contribution is 6.21. The fraction of sp³-hybridized carbons (Fsp3) is 0.357. The second kappa shape index (κ2) is 5.22. The van der Waals surface area contributed by atoms with Gasteiger partial charge in [-0.25, -0.2) is 0 Å². The average Bonchev–Trinajstić information content (AvgIpc) is 2.60. The standard InChI is InChI=1S/C14H17N3O2/c1-9(2)5-6-17-13(18)11-4-3-10(8-16-15)7-12(11)14(17)19/h3-4,7-9H,5-6,15H2,1-2H3. The van der Waals surface area contributed by atoms with Crippen LogP contribution in [0.1, 0.15) is 46.5 Å². The van der Waals surface area contributed by atoms with Gasteiger partial charge in [-0.3, -0.25) is 14.5 Å². The first-order valence-corrected chi connectivity index (χ1v) is 6.28. The predicted octanol–water partition coefficient (Wildman–Crippen LogP) is 1.62. The fourth-order valence-electron chi connectivity index (χ4n) is 2.07. The second-order valence-corrected chi connectivity index (χ2v) is 5.03. The molecule has 0 bridgehead atoms. The Morgan fingerprint density at radius 3 is 2.58 bits per heavy atom. The summed E-state index contributed by atoms with van der Waals surface area (Å²) in [6.07, 6.45) is 2.26. The highest BCUT2D eigenvalue weighted by atomic mass is 16.2. The van der Waals surface area contributed by atoms with Crippen LogP contribution in [0.25, 0.3) is 0 Å². The number of benzene rings is 1. The lowest BCUT2D eigenvalue weighted by Gasteiger charge is -2.14. The van der Waals surface area contributed by atoms with E-state index in [9.17, 15) is 9.59 Å². The lowest BCUT2D eigenvalue weighted by atomic mass is 10.1. The van der Waals surface area contributed by atoms with Crippen LogP contribution in [0.5, 0.6) is 0 Å². The molecule has 0 spiro atoms. The molecule has 0 aliphatic carbocycles. The van der Waals surface area contributed by atoms with E-state index in [0.717, 1.165) is 6.42 Å². The number of nitrogens with zero attached hydrogens (tertiary/aromatic N) is 2. The lowest BCUT2D eigenvalue weighted by molar-refractivity contribution is 0.0648.